The molecule has 1 unspecified atom stereocenters. The number of carboxylic acids is 1. The van der Waals surface area contributed by atoms with E-state index in [1.54, 1.807) is 12.4 Å². The monoisotopic (exact) mass is 292 g/mol. The van der Waals surface area contributed by atoms with Crippen molar-refractivity contribution in [3.8, 4) is 0 Å². The van der Waals surface area contributed by atoms with Crippen molar-refractivity contribution in [2.75, 3.05) is 0 Å². The van der Waals surface area contributed by atoms with Crippen LogP contribution in [0.4, 0.5) is 0 Å². The van der Waals surface area contributed by atoms with Gasteiger partial charge in [-0.1, -0.05) is 45.0 Å². The van der Waals surface area contributed by atoms with Gasteiger partial charge in [-0.05, 0) is 11.5 Å². The predicted octanol–water partition coefficient (Wildman–Crippen LogP) is -1.18. The molecule has 1 atom stereocenters. The Labute approximate surface area is 146 Å². The molecule has 0 saturated heterocycles. The number of fused-ring (bicyclic) bond motifs is 1. The summed E-state index contributed by atoms with van der Waals surface area (Å²) in [6, 6.07) is 8.66. The third-order valence-electron chi connectivity index (χ3n) is 3.07. The van der Waals surface area contributed by atoms with E-state index in [0.29, 0.717) is 0 Å². The first-order valence-corrected chi connectivity index (χ1v) is 6.47. The number of carbonyl (C=O) groups excluding carboxylic acids is 1. The van der Waals surface area contributed by atoms with E-state index in [0.717, 1.165) is 16.5 Å². The fourth-order valence-corrected chi connectivity index (χ4v) is 2.02. The summed E-state index contributed by atoms with van der Waals surface area (Å²) in [5.74, 6) is -1.16. The van der Waals surface area contributed by atoms with E-state index in [-0.39, 0.29) is 29.6 Å². The number of nitrogens with zero attached hydrogens (tertiary/aromatic N) is 2. The van der Waals surface area contributed by atoms with Crippen LogP contribution in [0.1, 0.15) is 26.3 Å². The summed E-state index contributed by atoms with van der Waals surface area (Å²) in [6.45, 7) is 5.48. The van der Waals surface area contributed by atoms with Crippen molar-refractivity contribution < 1.29 is 39.5 Å². The maximum atomic E-state index is 11.2. The molecule has 1 heterocycles. The number of carboxylic acid groups (broad SMARTS) is 1. The normalized spacial score (nSPS) is 13.1. The molecule has 0 aliphatic carbocycles. The summed E-state index contributed by atoms with van der Waals surface area (Å²) in [5, 5.41) is 12.2. The molecule has 1 aromatic carbocycles. The second kappa shape index (κ2) is 7.16. The molecule has 2 rings (SSSR count). The molecule has 5 heteroatoms. The molecular formula is C16H17N2NaO2. The van der Waals surface area contributed by atoms with Crippen LogP contribution in [-0.4, -0.2) is 23.2 Å². The molecule has 0 amide bonds. The van der Waals surface area contributed by atoms with Crippen LogP contribution < -0.4 is 34.7 Å². The SMILES string of the molecule is CC(C)(C)C(N=Cc1cccc2cccnc12)C(=O)[O-].[Na+]. The summed E-state index contributed by atoms with van der Waals surface area (Å²) in [6.07, 6.45) is 3.28. The molecule has 21 heavy (non-hydrogen) atoms. The van der Waals surface area contributed by atoms with Crippen molar-refractivity contribution in [2.24, 2.45) is 10.4 Å². The van der Waals surface area contributed by atoms with Gasteiger partial charge < -0.3 is 9.90 Å². The van der Waals surface area contributed by atoms with Gasteiger partial charge in [0.25, 0.3) is 0 Å². The van der Waals surface area contributed by atoms with Gasteiger partial charge in [-0.2, -0.15) is 0 Å². The van der Waals surface area contributed by atoms with Crippen LogP contribution in [0, 0.1) is 5.41 Å². The Morgan fingerprint density at radius 3 is 2.57 bits per heavy atom. The molecular weight excluding hydrogens is 275 g/mol. The Morgan fingerprint density at radius 1 is 1.29 bits per heavy atom. The van der Waals surface area contributed by atoms with Gasteiger partial charge in [0.2, 0.25) is 0 Å². The van der Waals surface area contributed by atoms with Crippen LogP contribution in [0.5, 0.6) is 0 Å². The Bertz CT molecular complexity index is 657. The van der Waals surface area contributed by atoms with Gasteiger partial charge in [0, 0.05) is 23.4 Å². The molecule has 0 bridgehead atoms. The fourth-order valence-electron chi connectivity index (χ4n) is 2.02. The third kappa shape index (κ3) is 4.37. The van der Waals surface area contributed by atoms with E-state index in [2.05, 4.69) is 9.98 Å². The number of para-hydroxylation sites is 1. The van der Waals surface area contributed by atoms with Gasteiger partial charge in [0.05, 0.1) is 17.5 Å². The average Bonchev–Trinajstić information content (AvgIpc) is 2.37. The van der Waals surface area contributed by atoms with E-state index in [4.69, 9.17) is 0 Å². The van der Waals surface area contributed by atoms with E-state index < -0.39 is 17.4 Å². The smallest absolute Gasteiger partial charge is 0.548 e. The van der Waals surface area contributed by atoms with E-state index in [1.807, 2.05) is 51.1 Å². The molecule has 0 spiro atoms. The van der Waals surface area contributed by atoms with Gasteiger partial charge in [0.15, 0.2) is 0 Å². The van der Waals surface area contributed by atoms with Gasteiger partial charge in [-0.15, -0.1) is 0 Å². The van der Waals surface area contributed by atoms with Crippen LogP contribution in [0.15, 0.2) is 41.5 Å². The Kier molecular flexibility index (Phi) is 6.08. The van der Waals surface area contributed by atoms with E-state index >= 15 is 0 Å². The number of hydrogen-bond donors (Lipinski definition) is 0. The zero-order valence-electron chi connectivity index (χ0n) is 12.8. The zero-order valence-corrected chi connectivity index (χ0v) is 14.8. The van der Waals surface area contributed by atoms with Crippen LogP contribution in [0.3, 0.4) is 0 Å². The predicted molar refractivity (Wildman–Crippen MR) is 77.6 cm³/mol. The van der Waals surface area contributed by atoms with Gasteiger partial charge in [-0.3, -0.25) is 9.98 Å². The summed E-state index contributed by atoms with van der Waals surface area (Å²) < 4.78 is 0. The molecule has 0 aliphatic rings. The average molecular weight is 292 g/mol. The van der Waals surface area contributed by atoms with Crippen LogP contribution in [-0.2, 0) is 4.79 Å². The minimum Gasteiger partial charge on any atom is -0.548 e. The standard InChI is InChI=1S/C16H18N2O2.Na/c1-16(2,3)14(15(19)20)18-10-12-7-4-6-11-8-5-9-17-13(11)12;/h4-10,14H,1-3H3,(H,19,20);/q;+1/p-1. The Morgan fingerprint density at radius 2 is 1.95 bits per heavy atom. The second-order valence-electron chi connectivity index (χ2n) is 5.79. The molecule has 4 nitrogen and oxygen atoms in total. The van der Waals surface area contributed by atoms with Gasteiger partial charge in [-0.25, -0.2) is 0 Å². The fraction of sp³-hybridized carbons (Fsp3) is 0.312. The third-order valence-corrected chi connectivity index (χ3v) is 3.07. The minimum absolute atomic E-state index is 0. The van der Waals surface area contributed by atoms with Crippen molar-refractivity contribution in [3.63, 3.8) is 0 Å². The topological polar surface area (TPSA) is 65.4 Å². The number of aliphatic carboxylic acids is 1. The molecule has 1 aromatic heterocycles. The molecule has 0 radical (unpaired) electrons. The van der Waals surface area contributed by atoms with Crippen LogP contribution >= 0.6 is 0 Å². The van der Waals surface area contributed by atoms with Crippen molar-refractivity contribution >= 4 is 23.1 Å². The quantitative estimate of drug-likeness (QED) is 0.528. The van der Waals surface area contributed by atoms with Crippen LogP contribution in [0.2, 0.25) is 0 Å². The first-order valence-electron chi connectivity index (χ1n) is 6.47. The van der Waals surface area contributed by atoms with Gasteiger partial charge >= 0.3 is 29.6 Å². The summed E-state index contributed by atoms with van der Waals surface area (Å²) in [5.41, 5.74) is 1.12. The molecule has 0 N–H and O–H groups in total. The second-order valence-corrected chi connectivity index (χ2v) is 5.79. The van der Waals surface area contributed by atoms with Crippen molar-refractivity contribution in [2.45, 2.75) is 26.8 Å². The van der Waals surface area contributed by atoms with Crippen molar-refractivity contribution in [3.05, 3.63) is 42.1 Å². The summed E-state index contributed by atoms with van der Waals surface area (Å²) >= 11 is 0. The summed E-state index contributed by atoms with van der Waals surface area (Å²) in [4.78, 5) is 19.7. The molecule has 0 fully saturated rings. The zero-order chi connectivity index (χ0) is 14.8. The van der Waals surface area contributed by atoms with Crippen molar-refractivity contribution in [1.82, 2.24) is 4.98 Å². The number of hydrogen-bond acceptors (Lipinski definition) is 4. The largest absolute Gasteiger partial charge is 1.00 e. The maximum absolute atomic E-state index is 11.2. The number of pyridine rings is 1. The Hall–Kier alpha value is -1.23. The number of benzene rings is 1. The number of aliphatic imine (C=N–C) groups is 1. The molecule has 0 aliphatic heterocycles. The van der Waals surface area contributed by atoms with Crippen molar-refractivity contribution in [1.29, 1.82) is 0 Å². The number of rotatable bonds is 3. The van der Waals surface area contributed by atoms with E-state index in [9.17, 15) is 9.90 Å². The first kappa shape index (κ1) is 17.8. The first-order chi connectivity index (χ1) is 9.39. The number of carbonyl (C=O) groups is 1. The summed E-state index contributed by atoms with van der Waals surface area (Å²) in [7, 11) is 0. The van der Waals surface area contributed by atoms with Gasteiger partial charge in [0.1, 0.15) is 0 Å². The van der Waals surface area contributed by atoms with Crippen LogP contribution in [0.25, 0.3) is 10.9 Å². The minimum atomic E-state index is -1.16. The molecule has 2 aromatic rings. The Balaban J connectivity index is 0.00000220. The number of aromatic nitrogens is 1. The van der Waals surface area contributed by atoms with E-state index in [1.165, 1.54) is 0 Å². The molecule has 104 valence electrons. The maximum Gasteiger partial charge on any atom is 1.00 e. The molecule has 0 saturated carbocycles.